The topological polar surface area (TPSA) is 80.6 Å². The van der Waals surface area contributed by atoms with Crippen LogP contribution < -0.4 is 10.5 Å². The van der Waals surface area contributed by atoms with E-state index >= 15 is 0 Å². The first kappa shape index (κ1) is 17.7. The van der Waals surface area contributed by atoms with Crippen molar-refractivity contribution in [2.24, 2.45) is 0 Å². The highest BCUT2D eigenvalue weighted by atomic mass is 16.5. The molecule has 2 aliphatic heterocycles. The van der Waals surface area contributed by atoms with Gasteiger partial charge in [0.25, 0.3) is 11.5 Å². The van der Waals surface area contributed by atoms with Gasteiger partial charge in [-0.1, -0.05) is 6.08 Å². The summed E-state index contributed by atoms with van der Waals surface area (Å²) < 4.78 is 7.09. The van der Waals surface area contributed by atoms with Crippen molar-refractivity contribution < 1.29 is 9.53 Å². The van der Waals surface area contributed by atoms with Gasteiger partial charge < -0.3 is 14.5 Å². The Labute approximate surface area is 157 Å². The second-order valence-electron chi connectivity index (χ2n) is 6.80. The number of amides is 1. The molecule has 4 heterocycles. The average molecular weight is 369 g/mol. The summed E-state index contributed by atoms with van der Waals surface area (Å²) in [6.45, 7) is 7.03. The van der Waals surface area contributed by atoms with Crippen LogP contribution in [-0.4, -0.2) is 64.2 Å². The van der Waals surface area contributed by atoms with Gasteiger partial charge in [-0.3, -0.25) is 14.2 Å². The number of allylic oxidation sites excluding steroid dienone is 1. The van der Waals surface area contributed by atoms with E-state index in [2.05, 4.69) is 16.5 Å². The van der Waals surface area contributed by atoms with Gasteiger partial charge in [-0.25, -0.2) is 9.97 Å². The zero-order chi connectivity index (χ0) is 18.8. The molecule has 0 aliphatic carbocycles. The molecule has 27 heavy (non-hydrogen) atoms. The van der Waals surface area contributed by atoms with E-state index in [1.807, 2.05) is 15.9 Å². The second-order valence-corrected chi connectivity index (χ2v) is 6.80. The van der Waals surface area contributed by atoms with Crippen LogP contribution in [0.15, 0.2) is 35.8 Å². The Kier molecular flexibility index (Phi) is 4.89. The van der Waals surface area contributed by atoms with E-state index in [0.717, 1.165) is 12.8 Å². The fourth-order valence-corrected chi connectivity index (χ4v) is 3.68. The number of nitrogens with zero attached hydrogens (tertiary/aromatic N) is 5. The molecule has 1 atom stereocenters. The zero-order valence-corrected chi connectivity index (χ0v) is 15.2. The first-order valence-electron chi connectivity index (χ1n) is 9.31. The fraction of sp³-hybridized carbons (Fsp3) is 0.474. The Hall–Kier alpha value is -2.74. The monoisotopic (exact) mass is 369 g/mol. The van der Waals surface area contributed by atoms with Gasteiger partial charge in [0.15, 0.2) is 11.5 Å². The van der Waals surface area contributed by atoms with E-state index in [9.17, 15) is 9.59 Å². The van der Waals surface area contributed by atoms with E-state index in [0.29, 0.717) is 56.3 Å². The maximum Gasteiger partial charge on any atom is 0.295 e. The van der Waals surface area contributed by atoms with Crippen LogP contribution in [0, 0.1) is 0 Å². The third kappa shape index (κ3) is 3.32. The summed E-state index contributed by atoms with van der Waals surface area (Å²) >= 11 is 0. The molecule has 142 valence electrons. The van der Waals surface area contributed by atoms with Crippen molar-refractivity contribution in [2.75, 3.05) is 37.7 Å². The summed E-state index contributed by atoms with van der Waals surface area (Å²) in [7, 11) is 0. The summed E-state index contributed by atoms with van der Waals surface area (Å²) in [6.07, 6.45) is 4.76. The van der Waals surface area contributed by atoms with E-state index in [4.69, 9.17) is 4.74 Å². The van der Waals surface area contributed by atoms with Crippen molar-refractivity contribution in [3.63, 3.8) is 0 Å². The van der Waals surface area contributed by atoms with Gasteiger partial charge in [-0.2, -0.15) is 0 Å². The first-order valence-corrected chi connectivity index (χ1v) is 9.31. The molecule has 0 saturated carbocycles. The molecule has 2 aromatic heterocycles. The maximum atomic E-state index is 13.0. The average Bonchev–Trinajstić information content (AvgIpc) is 3.24. The summed E-state index contributed by atoms with van der Waals surface area (Å²) in [6, 6.07) is 3.65. The molecule has 2 aromatic rings. The second kappa shape index (κ2) is 7.48. The molecule has 0 radical (unpaired) electrons. The van der Waals surface area contributed by atoms with Crippen LogP contribution in [0.3, 0.4) is 0 Å². The Bertz CT molecular complexity index is 911. The molecule has 8 nitrogen and oxygen atoms in total. The summed E-state index contributed by atoms with van der Waals surface area (Å²) in [5.74, 6) is 0.466. The largest absolute Gasteiger partial charge is 0.368 e. The van der Waals surface area contributed by atoms with Crippen LogP contribution in [-0.2, 0) is 16.1 Å². The van der Waals surface area contributed by atoms with Crippen LogP contribution in [0.1, 0.15) is 12.8 Å². The predicted molar refractivity (Wildman–Crippen MR) is 102 cm³/mol. The zero-order valence-electron chi connectivity index (χ0n) is 15.2. The maximum absolute atomic E-state index is 13.0. The highest BCUT2D eigenvalue weighted by molar-refractivity contribution is 5.81. The van der Waals surface area contributed by atoms with Gasteiger partial charge >= 0.3 is 0 Å². The minimum atomic E-state index is -0.300. The number of piperazine rings is 1. The molecule has 1 unspecified atom stereocenters. The van der Waals surface area contributed by atoms with E-state index in [-0.39, 0.29) is 17.6 Å². The molecule has 0 aromatic carbocycles. The number of anilines is 1. The number of fused-ring (bicyclic) bond motifs is 1. The number of hydrogen-bond donors (Lipinski definition) is 0. The molecule has 0 bridgehead atoms. The van der Waals surface area contributed by atoms with Crippen LogP contribution >= 0.6 is 0 Å². The number of aromatic nitrogens is 3. The number of ether oxygens (including phenoxy) is 1. The van der Waals surface area contributed by atoms with Crippen LogP contribution in [0.2, 0.25) is 0 Å². The minimum Gasteiger partial charge on any atom is -0.368 e. The Morgan fingerprint density at radius 2 is 2.15 bits per heavy atom. The predicted octanol–water partition coefficient (Wildman–Crippen LogP) is 0.805. The molecule has 8 heteroatoms. The van der Waals surface area contributed by atoms with Crippen LogP contribution in [0.4, 0.5) is 5.82 Å². The van der Waals surface area contributed by atoms with Gasteiger partial charge in [0, 0.05) is 45.5 Å². The van der Waals surface area contributed by atoms with Crippen molar-refractivity contribution in [2.45, 2.75) is 25.5 Å². The Morgan fingerprint density at radius 1 is 1.33 bits per heavy atom. The quantitative estimate of drug-likeness (QED) is 0.742. The summed E-state index contributed by atoms with van der Waals surface area (Å²) in [4.78, 5) is 38.1. The number of carbonyl (C=O) groups is 1. The molecule has 4 rings (SSSR count). The van der Waals surface area contributed by atoms with Gasteiger partial charge in [0.1, 0.15) is 11.6 Å². The van der Waals surface area contributed by atoms with Crippen molar-refractivity contribution in [3.05, 3.63) is 41.3 Å². The van der Waals surface area contributed by atoms with Crippen molar-refractivity contribution in [3.8, 4) is 0 Å². The van der Waals surface area contributed by atoms with Gasteiger partial charge in [0.05, 0.1) is 0 Å². The van der Waals surface area contributed by atoms with Crippen molar-refractivity contribution >= 4 is 22.9 Å². The highest BCUT2D eigenvalue weighted by Crippen LogP contribution is 2.18. The number of carbonyl (C=O) groups excluding carboxylic acids is 1. The van der Waals surface area contributed by atoms with Gasteiger partial charge in [-0.05, 0) is 25.0 Å². The smallest absolute Gasteiger partial charge is 0.295 e. The molecule has 2 saturated heterocycles. The van der Waals surface area contributed by atoms with Gasteiger partial charge in [0.2, 0.25) is 0 Å². The van der Waals surface area contributed by atoms with E-state index in [1.165, 1.54) is 0 Å². The molecule has 2 fully saturated rings. The normalized spacial score (nSPS) is 20.2. The minimum absolute atomic E-state index is 0.0619. The van der Waals surface area contributed by atoms with Gasteiger partial charge in [-0.15, -0.1) is 6.58 Å². The Morgan fingerprint density at radius 3 is 2.85 bits per heavy atom. The van der Waals surface area contributed by atoms with Crippen molar-refractivity contribution in [1.82, 2.24) is 19.4 Å². The lowest BCUT2D eigenvalue weighted by atomic mass is 10.2. The number of rotatable bonds is 4. The molecule has 0 N–H and O–H groups in total. The SMILES string of the molecule is C=CCn1c(=O)c(N2CCN(C(=O)C3CCCO3)CC2)nc2cccnc21. The molecule has 2 aliphatic rings. The van der Waals surface area contributed by atoms with E-state index in [1.54, 1.807) is 22.9 Å². The molecular formula is C19H23N5O3. The summed E-state index contributed by atoms with van der Waals surface area (Å²) in [5, 5.41) is 0. The summed E-state index contributed by atoms with van der Waals surface area (Å²) in [5.41, 5.74) is 1.05. The fourth-order valence-electron chi connectivity index (χ4n) is 3.68. The number of hydrogen-bond acceptors (Lipinski definition) is 6. The lowest BCUT2D eigenvalue weighted by Crippen LogP contribution is -2.52. The van der Waals surface area contributed by atoms with E-state index < -0.39 is 0 Å². The third-order valence-electron chi connectivity index (χ3n) is 5.09. The van der Waals surface area contributed by atoms with Crippen molar-refractivity contribution in [1.29, 1.82) is 0 Å². The third-order valence-corrected chi connectivity index (χ3v) is 5.09. The number of pyridine rings is 1. The van der Waals surface area contributed by atoms with Crippen LogP contribution in [0.5, 0.6) is 0 Å². The molecular weight excluding hydrogens is 346 g/mol. The first-order chi connectivity index (χ1) is 13.2. The van der Waals surface area contributed by atoms with Crippen LogP contribution in [0.25, 0.3) is 11.2 Å². The molecule has 0 spiro atoms. The standard InChI is InChI=1S/C19H23N5O3/c1-2-8-24-16-14(5-3-7-20-16)21-17(19(24)26)22-9-11-23(12-10-22)18(25)15-6-4-13-27-15/h2-3,5,7,15H,1,4,6,8-13H2. The highest BCUT2D eigenvalue weighted by Gasteiger charge is 2.31. The molecule has 1 amide bonds. The lowest BCUT2D eigenvalue weighted by molar-refractivity contribution is -0.141. The lowest BCUT2D eigenvalue weighted by Gasteiger charge is -2.36. The Balaban J connectivity index is 1.57.